The van der Waals surface area contributed by atoms with Crippen LogP contribution in [0, 0.1) is 0 Å². The molecule has 20 heavy (non-hydrogen) atoms. The van der Waals surface area contributed by atoms with Crippen molar-refractivity contribution in [2.75, 3.05) is 6.61 Å². The van der Waals surface area contributed by atoms with E-state index in [1.54, 1.807) is 18.2 Å². The molecule has 0 saturated carbocycles. The molecule has 0 aliphatic carbocycles. The molecule has 0 heterocycles. The van der Waals surface area contributed by atoms with Gasteiger partial charge < -0.3 is 15.5 Å². The van der Waals surface area contributed by atoms with Crippen LogP contribution in [0.2, 0.25) is 0 Å². The Balaban J connectivity index is 2.26. The molecule has 0 fully saturated rings. The predicted octanol–water partition coefficient (Wildman–Crippen LogP) is 1.78. The van der Waals surface area contributed by atoms with Crippen molar-refractivity contribution in [1.29, 1.82) is 0 Å². The van der Waals surface area contributed by atoms with Crippen molar-refractivity contribution in [3.63, 3.8) is 0 Å². The fourth-order valence-corrected chi connectivity index (χ4v) is 2.16. The number of carboxylic acid groups (broad SMARTS) is 1. The molecule has 0 saturated heterocycles. The van der Waals surface area contributed by atoms with Gasteiger partial charge in [0.05, 0.1) is 6.61 Å². The van der Waals surface area contributed by atoms with Crippen LogP contribution in [-0.2, 0) is 4.79 Å². The minimum Gasteiger partial charge on any atom is -0.480 e. The minimum absolute atomic E-state index is 0.347. The van der Waals surface area contributed by atoms with Crippen LogP contribution in [0.3, 0.4) is 0 Å². The maximum Gasteiger partial charge on any atom is 0.328 e. The highest BCUT2D eigenvalue weighted by Crippen LogP contribution is 2.21. The summed E-state index contributed by atoms with van der Waals surface area (Å²) in [6, 6.07) is 9.40. The van der Waals surface area contributed by atoms with Crippen LogP contribution in [0.25, 0.3) is 10.8 Å². The lowest BCUT2D eigenvalue weighted by Gasteiger charge is -2.12. The highest BCUT2D eigenvalue weighted by atomic mass is 79.9. The van der Waals surface area contributed by atoms with Crippen LogP contribution in [0.5, 0.6) is 0 Å². The number of nitrogens with one attached hydrogen (secondary N) is 1. The second-order valence-electron chi connectivity index (χ2n) is 4.25. The third kappa shape index (κ3) is 3.15. The van der Waals surface area contributed by atoms with Gasteiger partial charge >= 0.3 is 5.97 Å². The van der Waals surface area contributed by atoms with E-state index in [4.69, 9.17) is 10.2 Å². The number of rotatable bonds is 4. The lowest BCUT2D eigenvalue weighted by molar-refractivity contribution is -0.140. The Labute approximate surface area is 123 Å². The monoisotopic (exact) mass is 337 g/mol. The number of fused-ring (bicyclic) bond motifs is 1. The van der Waals surface area contributed by atoms with Crippen molar-refractivity contribution in [2.45, 2.75) is 6.04 Å². The number of hydrogen-bond acceptors (Lipinski definition) is 3. The molecule has 5 nitrogen and oxygen atoms in total. The van der Waals surface area contributed by atoms with Crippen LogP contribution in [-0.4, -0.2) is 34.7 Å². The summed E-state index contributed by atoms with van der Waals surface area (Å²) in [6.45, 7) is -0.651. The summed E-state index contributed by atoms with van der Waals surface area (Å²) in [5.41, 5.74) is 0.347. The smallest absolute Gasteiger partial charge is 0.328 e. The molecule has 1 amide bonds. The SMILES string of the molecule is O=C(NC(CO)C(=O)O)c1ccc2cc(Br)ccc2c1. The van der Waals surface area contributed by atoms with E-state index in [0.717, 1.165) is 15.2 Å². The highest BCUT2D eigenvalue weighted by molar-refractivity contribution is 9.10. The number of carboxylic acids is 1. The van der Waals surface area contributed by atoms with Gasteiger partial charge in [0.25, 0.3) is 5.91 Å². The Morgan fingerprint density at radius 1 is 1.15 bits per heavy atom. The van der Waals surface area contributed by atoms with Gasteiger partial charge in [-0.15, -0.1) is 0 Å². The summed E-state index contributed by atoms with van der Waals surface area (Å²) in [6.07, 6.45) is 0. The molecule has 0 aromatic heterocycles. The molecule has 104 valence electrons. The van der Waals surface area contributed by atoms with Crippen LogP contribution >= 0.6 is 15.9 Å². The Bertz CT molecular complexity index is 671. The van der Waals surface area contributed by atoms with Gasteiger partial charge in [0.1, 0.15) is 0 Å². The normalized spacial score (nSPS) is 12.1. The molecule has 6 heteroatoms. The molecule has 2 rings (SSSR count). The van der Waals surface area contributed by atoms with Crippen LogP contribution in [0.1, 0.15) is 10.4 Å². The average molecular weight is 338 g/mol. The summed E-state index contributed by atoms with van der Waals surface area (Å²) < 4.78 is 0.938. The standard InChI is InChI=1S/C14H12BrNO4/c15-11-4-3-8-5-10(2-1-9(8)6-11)13(18)16-12(7-17)14(19)20/h1-6,12,17H,7H2,(H,16,18)(H,19,20). The predicted molar refractivity (Wildman–Crippen MR) is 77.6 cm³/mol. The molecule has 3 N–H and O–H groups in total. The van der Waals surface area contributed by atoms with E-state index in [9.17, 15) is 9.59 Å². The maximum absolute atomic E-state index is 11.9. The summed E-state index contributed by atoms with van der Waals surface area (Å²) in [5, 5.41) is 21.8. The molecule has 0 bridgehead atoms. The van der Waals surface area contributed by atoms with Crippen LogP contribution in [0.15, 0.2) is 40.9 Å². The molecule has 0 spiro atoms. The van der Waals surface area contributed by atoms with Gasteiger partial charge in [0.15, 0.2) is 6.04 Å². The molecular formula is C14H12BrNO4. The van der Waals surface area contributed by atoms with Gasteiger partial charge in [0, 0.05) is 10.0 Å². The molecule has 1 unspecified atom stereocenters. The van der Waals surface area contributed by atoms with Crippen molar-refractivity contribution < 1.29 is 19.8 Å². The number of benzene rings is 2. The summed E-state index contributed by atoms with van der Waals surface area (Å²) >= 11 is 3.37. The van der Waals surface area contributed by atoms with E-state index < -0.39 is 24.5 Å². The van der Waals surface area contributed by atoms with Gasteiger partial charge in [0.2, 0.25) is 0 Å². The van der Waals surface area contributed by atoms with Gasteiger partial charge in [-0.3, -0.25) is 4.79 Å². The first kappa shape index (κ1) is 14.5. The van der Waals surface area contributed by atoms with Crippen LogP contribution in [0.4, 0.5) is 0 Å². The Morgan fingerprint density at radius 2 is 1.80 bits per heavy atom. The number of carbonyl (C=O) groups is 2. The number of carbonyl (C=O) groups excluding carboxylic acids is 1. The van der Waals surface area contributed by atoms with Gasteiger partial charge in [-0.2, -0.15) is 0 Å². The molecule has 1 atom stereocenters. The number of halogens is 1. The number of aliphatic hydroxyl groups is 1. The first-order valence-electron chi connectivity index (χ1n) is 5.85. The lowest BCUT2D eigenvalue weighted by atomic mass is 10.1. The molecule has 2 aromatic carbocycles. The van der Waals surface area contributed by atoms with Crippen molar-refractivity contribution in [3.8, 4) is 0 Å². The van der Waals surface area contributed by atoms with Gasteiger partial charge in [-0.1, -0.05) is 28.1 Å². The van der Waals surface area contributed by atoms with Crippen molar-refractivity contribution in [2.24, 2.45) is 0 Å². The third-order valence-corrected chi connectivity index (χ3v) is 3.34. The second kappa shape index (κ2) is 6.02. The zero-order valence-electron chi connectivity index (χ0n) is 10.3. The van der Waals surface area contributed by atoms with Gasteiger partial charge in [-0.25, -0.2) is 4.79 Å². The average Bonchev–Trinajstić information content (AvgIpc) is 2.43. The van der Waals surface area contributed by atoms with Gasteiger partial charge in [-0.05, 0) is 35.0 Å². The van der Waals surface area contributed by atoms with Crippen LogP contribution < -0.4 is 5.32 Å². The molecule has 2 aromatic rings. The number of amides is 1. The Morgan fingerprint density at radius 3 is 2.45 bits per heavy atom. The lowest BCUT2D eigenvalue weighted by Crippen LogP contribution is -2.43. The largest absolute Gasteiger partial charge is 0.480 e. The molecule has 0 aliphatic heterocycles. The summed E-state index contributed by atoms with van der Waals surface area (Å²) in [5.74, 6) is -1.80. The molecule has 0 aliphatic rings. The number of hydrogen-bond donors (Lipinski definition) is 3. The van der Waals surface area contributed by atoms with E-state index in [1.165, 1.54) is 0 Å². The fraction of sp³-hybridized carbons (Fsp3) is 0.143. The topological polar surface area (TPSA) is 86.6 Å². The number of aliphatic carboxylic acids is 1. The number of aliphatic hydroxyl groups excluding tert-OH is 1. The summed E-state index contributed by atoms with van der Waals surface area (Å²) in [7, 11) is 0. The first-order valence-corrected chi connectivity index (χ1v) is 6.64. The van der Waals surface area contributed by atoms with E-state index in [2.05, 4.69) is 21.2 Å². The summed E-state index contributed by atoms with van der Waals surface area (Å²) in [4.78, 5) is 22.7. The zero-order valence-corrected chi connectivity index (χ0v) is 11.9. The quantitative estimate of drug-likeness (QED) is 0.793. The Hall–Kier alpha value is -1.92. The highest BCUT2D eigenvalue weighted by Gasteiger charge is 2.19. The van der Waals surface area contributed by atoms with Crippen molar-refractivity contribution >= 4 is 38.6 Å². The van der Waals surface area contributed by atoms with E-state index >= 15 is 0 Å². The van der Waals surface area contributed by atoms with Crippen molar-refractivity contribution in [1.82, 2.24) is 5.32 Å². The van der Waals surface area contributed by atoms with E-state index in [0.29, 0.717) is 5.56 Å². The van der Waals surface area contributed by atoms with E-state index in [1.807, 2.05) is 18.2 Å². The maximum atomic E-state index is 11.9. The molecular weight excluding hydrogens is 326 g/mol. The Kier molecular flexibility index (Phi) is 4.36. The first-order chi connectivity index (χ1) is 9.51. The molecule has 0 radical (unpaired) electrons. The van der Waals surface area contributed by atoms with E-state index in [-0.39, 0.29) is 0 Å². The third-order valence-electron chi connectivity index (χ3n) is 2.85. The second-order valence-corrected chi connectivity index (χ2v) is 5.17. The fourth-order valence-electron chi connectivity index (χ4n) is 1.78. The minimum atomic E-state index is -1.30. The van der Waals surface area contributed by atoms with Crippen molar-refractivity contribution in [3.05, 3.63) is 46.4 Å². The zero-order chi connectivity index (χ0) is 14.7.